The Bertz CT molecular complexity index is 704. The third kappa shape index (κ3) is 2.95. The van der Waals surface area contributed by atoms with Gasteiger partial charge in [-0.05, 0) is 31.2 Å². The number of anilines is 1. The molecule has 6 nitrogen and oxygen atoms in total. The Morgan fingerprint density at radius 1 is 1.25 bits per heavy atom. The minimum Gasteiger partial charge on any atom is -0.325 e. The molecule has 20 heavy (non-hydrogen) atoms. The van der Waals surface area contributed by atoms with E-state index in [1.165, 1.54) is 9.13 Å². The number of carbonyl (C=O) groups excluding carboxylic acids is 1. The van der Waals surface area contributed by atoms with Crippen molar-refractivity contribution >= 4 is 11.6 Å². The quantitative estimate of drug-likeness (QED) is 0.906. The van der Waals surface area contributed by atoms with Crippen LogP contribution in [0, 0.1) is 11.3 Å². The summed E-state index contributed by atoms with van der Waals surface area (Å²) in [4.78, 5) is 23.6. The van der Waals surface area contributed by atoms with E-state index >= 15 is 0 Å². The van der Waals surface area contributed by atoms with Crippen LogP contribution in [0.1, 0.15) is 12.5 Å². The van der Waals surface area contributed by atoms with Crippen molar-refractivity contribution in [2.75, 3.05) is 5.32 Å². The van der Waals surface area contributed by atoms with E-state index in [9.17, 15) is 9.59 Å². The van der Waals surface area contributed by atoms with E-state index in [0.29, 0.717) is 17.8 Å². The normalized spacial score (nSPS) is 10.0. The number of carbonyl (C=O) groups is 1. The van der Waals surface area contributed by atoms with Gasteiger partial charge in [0.1, 0.15) is 6.54 Å². The predicted molar refractivity (Wildman–Crippen MR) is 74.2 cm³/mol. The van der Waals surface area contributed by atoms with E-state index in [4.69, 9.17) is 5.26 Å². The van der Waals surface area contributed by atoms with Gasteiger partial charge in [-0.15, -0.1) is 0 Å². The lowest BCUT2D eigenvalue weighted by atomic mass is 10.2. The van der Waals surface area contributed by atoms with E-state index in [-0.39, 0.29) is 18.1 Å². The smallest absolute Gasteiger partial charge is 0.325 e. The molecule has 0 aliphatic rings. The molecule has 1 aromatic carbocycles. The second-order valence-electron chi connectivity index (χ2n) is 4.23. The maximum absolute atomic E-state index is 11.8. The molecule has 1 N–H and O–H groups in total. The molecular weight excluding hydrogens is 256 g/mol. The van der Waals surface area contributed by atoms with Crippen molar-refractivity contribution in [3.8, 4) is 6.07 Å². The Balaban J connectivity index is 2.03. The molecule has 0 aliphatic carbocycles. The van der Waals surface area contributed by atoms with Crippen LogP contribution >= 0.6 is 0 Å². The molecule has 0 saturated carbocycles. The highest BCUT2D eigenvalue weighted by molar-refractivity contribution is 5.90. The summed E-state index contributed by atoms with van der Waals surface area (Å²) in [5.41, 5.74) is 0.915. The van der Waals surface area contributed by atoms with Crippen LogP contribution < -0.4 is 11.0 Å². The summed E-state index contributed by atoms with van der Waals surface area (Å²) in [6.45, 7) is 2.40. The molecule has 0 aliphatic heterocycles. The third-order valence-corrected chi connectivity index (χ3v) is 2.87. The van der Waals surface area contributed by atoms with Crippen LogP contribution in [0.5, 0.6) is 0 Å². The summed E-state index contributed by atoms with van der Waals surface area (Å²) in [6.07, 6.45) is 3.24. The van der Waals surface area contributed by atoms with Crippen LogP contribution in [0.3, 0.4) is 0 Å². The van der Waals surface area contributed by atoms with E-state index in [2.05, 4.69) is 5.32 Å². The minimum absolute atomic E-state index is 0.0359. The number of amides is 1. The van der Waals surface area contributed by atoms with E-state index < -0.39 is 0 Å². The third-order valence-electron chi connectivity index (χ3n) is 2.87. The average molecular weight is 270 g/mol. The zero-order valence-electron chi connectivity index (χ0n) is 11.0. The van der Waals surface area contributed by atoms with Gasteiger partial charge < -0.3 is 5.32 Å². The molecule has 1 heterocycles. The second-order valence-corrected chi connectivity index (χ2v) is 4.23. The number of hydrogen-bond donors (Lipinski definition) is 1. The number of aromatic nitrogens is 2. The van der Waals surface area contributed by atoms with E-state index in [1.54, 1.807) is 36.7 Å². The number of hydrogen-bond acceptors (Lipinski definition) is 3. The van der Waals surface area contributed by atoms with Gasteiger partial charge in [0.15, 0.2) is 0 Å². The van der Waals surface area contributed by atoms with Gasteiger partial charge in [-0.3, -0.25) is 13.9 Å². The highest BCUT2D eigenvalue weighted by Gasteiger charge is 2.07. The molecule has 0 bridgehead atoms. The molecule has 2 rings (SSSR count). The van der Waals surface area contributed by atoms with Gasteiger partial charge in [0.2, 0.25) is 5.91 Å². The predicted octanol–water partition coefficient (Wildman–Crippen LogP) is 1.18. The maximum Gasteiger partial charge on any atom is 0.328 e. The summed E-state index contributed by atoms with van der Waals surface area (Å²) in [5, 5.41) is 11.4. The van der Waals surface area contributed by atoms with E-state index in [0.717, 1.165) is 0 Å². The van der Waals surface area contributed by atoms with Crippen molar-refractivity contribution in [1.82, 2.24) is 9.13 Å². The Labute approximate surface area is 115 Å². The fourth-order valence-electron chi connectivity index (χ4n) is 1.80. The number of nitriles is 1. The number of aryl methyl sites for hydroxylation is 1. The zero-order chi connectivity index (χ0) is 14.5. The van der Waals surface area contributed by atoms with Crippen LogP contribution in [0.25, 0.3) is 0 Å². The van der Waals surface area contributed by atoms with Gasteiger partial charge in [0, 0.05) is 24.6 Å². The molecule has 102 valence electrons. The Kier molecular flexibility index (Phi) is 4.01. The number of benzene rings is 1. The lowest BCUT2D eigenvalue weighted by Crippen LogP contribution is -2.28. The lowest BCUT2D eigenvalue weighted by Gasteiger charge is -2.05. The highest BCUT2D eigenvalue weighted by atomic mass is 16.2. The summed E-state index contributed by atoms with van der Waals surface area (Å²) in [6, 6.07) is 8.54. The fraction of sp³-hybridized carbons (Fsp3) is 0.214. The van der Waals surface area contributed by atoms with Crippen molar-refractivity contribution in [2.24, 2.45) is 0 Å². The fourth-order valence-corrected chi connectivity index (χ4v) is 1.80. The monoisotopic (exact) mass is 270 g/mol. The van der Waals surface area contributed by atoms with Gasteiger partial charge in [-0.2, -0.15) is 5.26 Å². The highest BCUT2D eigenvalue weighted by Crippen LogP contribution is 2.08. The van der Waals surface area contributed by atoms with Gasteiger partial charge >= 0.3 is 5.69 Å². The van der Waals surface area contributed by atoms with Crippen molar-refractivity contribution in [2.45, 2.75) is 20.0 Å². The molecule has 1 amide bonds. The van der Waals surface area contributed by atoms with Crippen LogP contribution in [-0.4, -0.2) is 15.0 Å². The second kappa shape index (κ2) is 5.89. The molecule has 1 aromatic heterocycles. The lowest BCUT2D eigenvalue weighted by molar-refractivity contribution is -0.116. The summed E-state index contributed by atoms with van der Waals surface area (Å²) < 4.78 is 2.87. The average Bonchev–Trinajstić information content (AvgIpc) is 2.80. The summed E-state index contributed by atoms with van der Waals surface area (Å²) in [7, 11) is 0. The molecule has 0 spiro atoms. The summed E-state index contributed by atoms with van der Waals surface area (Å²) in [5.74, 6) is -0.286. The zero-order valence-corrected chi connectivity index (χ0v) is 11.0. The van der Waals surface area contributed by atoms with Crippen molar-refractivity contribution in [1.29, 1.82) is 5.26 Å². The summed E-state index contributed by atoms with van der Waals surface area (Å²) >= 11 is 0. The number of rotatable bonds is 4. The topological polar surface area (TPSA) is 79.8 Å². The van der Waals surface area contributed by atoms with Crippen LogP contribution in [-0.2, 0) is 17.9 Å². The molecule has 0 fully saturated rings. The SMILES string of the molecule is CCn1ccn(CC(=O)Nc2ccc(C#N)cc2)c1=O. The molecular formula is C14H14N4O2. The van der Waals surface area contributed by atoms with Gasteiger partial charge in [0.05, 0.1) is 11.6 Å². The Morgan fingerprint density at radius 2 is 1.90 bits per heavy atom. The van der Waals surface area contributed by atoms with Crippen LogP contribution in [0.15, 0.2) is 41.5 Å². The molecule has 0 saturated heterocycles. The minimum atomic E-state index is -0.286. The number of nitrogens with one attached hydrogen (secondary N) is 1. The largest absolute Gasteiger partial charge is 0.328 e. The Morgan fingerprint density at radius 3 is 2.45 bits per heavy atom. The molecule has 0 unspecified atom stereocenters. The van der Waals surface area contributed by atoms with Crippen molar-refractivity contribution in [3.63, 3.8) is 0 Å². The van der Waals surface area contributed by atoms with Crippen molar-refractivity contribution < 1.29 is 4.79 Å². The first-order chi connectivity index (χ1) is 9.63. The molecule has 0 radical (unpaired) electrons. The standard InChI is InChI=1S/C14H14N4O2/c1-2-17-7-8-18(14(17)20)10-13(19)16-12-5-3-11(9-15)4-6-12/h3-8H,2,10H2,1H3,(H,16,19). The van der Waals surface area contributed by atoms with Gasteiger partial charge in [-0.1, -0.05) is 0 Å². The van der Waals surface area contributed by atoms with Crippen LogP contribution in [0.4, 0.5) is 5.69 Å². The van der Waals surface area contributed by atoms with Crippen molar-refractivity contribution in [3.05, 3.63) is 52.7 Å². The maximum atomic E-state index is 11.8. The molecule has 6 heteroatoms. The first-order valence-corrected chi connectivity index (χ1v) is 6.19. The molecule has 0 atom stereocenters. The van der Waals surface area contributed by atoms with E-state index in [1.807, 2.05) is 13.0 Å². The molecule has 2 aromatic rings. The Hall–Kier alpha value is -2.81. The first-order valence-electron chi connectivity index (χ1n) is 6.19. The van der Waals surface area contributed by atoms with Gasteiger partial charge in [0.25, 0.3) is 0 Å². The first kappa shape index (κ1) is 13.6. The number of imidazole rings is 1. The van der Waals surface area contributed by atoms with Crippen LogP contribution in [0.2, 0.25) is 0 Å². The number of nitrogens with zero attached hydrogens (tertiary/aromatic N) is 3. The van der Waals surface area contributed by atoms with Gasteiger partial charge in [-0.25, -0.2) is 4.79 Å².